The van der Waals surface area contributed by atoms with Crippen molar-refractivity contribution in [3.05, 3.63) is 86.2 Å². The van der Waals surface area contributed by atoms with Gasteiger partial charge in [0.05, 0.1) is 39.1 Å². The number of Topliss-reactive ketones (excluding diaryl/α,β-unsaturated/α-hetero) is 1. The van der Waals surface area contributed by atoms with Crippen LogP contribution in [-0.2, 0) is 9.59 Å². The Labute approximate surface area is 245 Å². The van der Waals surface area contributed by atoms with Crippen LogP contribution in [0.3, 0.4) is 0 Å². The number of aryl methyl sites for hydroxylation is 2. The number of hydrogen-bond acceptors (Lipinski definition) is 8. The largest absolute Gasteiger partial charge is 0.505 e. The molecule has 0 saturated carbocycles. The average Bonchev–Trinajstić information content (AvgIpc) is 3.57. The van der Waals surface area contributed by atoms with Crippen LogP contribution >= 0.6 is 38.9 Å². The zero-order valence-corrected chi connectivity index (χ0v) is 24.4. The fourth-order valence-corrected chi connectivity index (χ4v) is 6.64. The van der Waals surface area contributed by atoms with E-state index < -0.39 is 23.5 Å². The monoisotopic (exact) mass is 638 g/mol. The number of thiazole rings is 1. The Bertz CT molecular complexity index is 1930. The number of carbonyl (C=O) groups is 2. The van der Waals surface area contributed by atoms with Gasteiger partial charge < -0.3 is 19.4 Å². The van der Waals surface area contributed by atoms with Crippen LogP contribution in [0.1, 0.15) is 28.6 Å². The molecule has 4 heterocycles. The second-order valence-corrected chi connectivity index (χ2v) is 11.6. The lowest BCUT2D eigenvalue weighted by Crippen LogP contribution is -2.29. The molecule has 1 amide bonds. The van der Waals surface area contributed by atoms with E-state index in [4.69, 9.17) is 16.3 Å². The molecule has 1 atom stereocenters. The highest BCUT2D eigenvalue weighted by atomic mass is 79.9. The Morgan fingerprint density at radius 1 is 1.15 bits per heavy atom. The van der Waals surface area contributed by atoms with Gasteiger partial charge in [-0.3, -0.25) is 14.5 Å². The number of carbonyl (C=O) groups excluding carboxylic acids is 2. The maximum atomic E-state index is 13.7. The first-order valence-electron chi connectivity index (χ1n) is 12.0. The number of hydrogen-bond donors (Lipinski definition) is 2. The van der Waals surface area contributed by atoms with E-state index in [1.165, 1.54) is 29.4 Å². The number of aliphatic hydroxyl groups excluding tert-OH is 1. The summed E-state index contributed by atoms with van der Waals surface area (Å²) in [5, 5.41) is 22.9. The zero-order chi connectivity index (χ0) is 28.5. The molecule has 0 bridgehead atoms. The first-order chi connectivity index (χ1) is 19.1. The van der Waals surface area contributed by atoms with Crippen LogP contribution in [0.2, 0.25) is 5.02 Å². The van der Waals surface area contributed by atoms with Crippen molar-refractivity contribution in [1.82, 2.24) is 14.4 Å². The molecule has 6 rings (SSSR count). The summed E-state index contributed by atoms with van der Waals surface area (Å²) in [7, 11) is 1.39. The van der Waals surface area contributed by atoms with Crippen LogP contribution in [-0.4, -0.2) is 43.4 Å². The zero-order valence-electron chi connectivity index (χ0n) is 21.3. The SMILES string of the molecule is COc1cc(C2/C(=C(\O)c3nc4c(C)cccn4c3C)C(=O)C(=O)N2c2nc3ccc(Cl)cc3s2)cc(Br)c1O. The first-order valence-corrected chi connectivity index (χ1v) is 14.0. The molecular weight excluding hydrogens is 620 g/mol. The fraction of sp³-hybridized carbons (Fsp3) is 0.143. The minimum Gasteiger partial charge on any atom is -0.505 e. The first kappa shape index (κ1) is 26.3. The third kappa shape index (κ3) is 3.95. The number of phenols is 1. The predicted octanol–water partition coefficient (Wildman–Crippen LogP) is 6.32. The Balaban J connectivity index is 1.63. The highest BCUT2D eigenvalue weighted by molar-refractivity contribution is 9.10. The average molecular weight is 640 g/mol. The second-order valence-electron chi connectivity index (χ2n) is 9.26. The van der Waals surface area contributed by atoms with Crippen molar-refractivity contribution >= 4 is 77.3 Å². The number of benzene rings is 2. The molecule has 5 aromatic rings. The number of ketones is 1. The number of halogens is 2. The fourth-order valence-electron chi connectivity index (χ4n) is 4.92. The van der Waals surface area contributed by atoms with Crippen molar-refractivity contribution in [2.45, 2.75) is 19.9 Å². The molecule has 2 N–H and O–H groups in total. The number of imidazole rings is 1. The minimum absolute atomic E-state index is 0.116. The molecule has 0 spiro atoms. The summed E-state index contributed by atoms with van der Waals surface area (Å²) in [4.78, 5) is 37.8. The maximum Gasteiger partial charge on any atom is 0.301 e. The Morgan fingerprint density at radius 2 is 1.93 bits per heavy atom. The normalized spacial score (nSPS) is 16.9. The van der Waals surface area contributed by atoms with Gasteiger partial charge in [-0.15, -0.1) is 0 Å². The van der Waals surface area contributed by atoms with Crippen LogP contribution in [0.5, 0.6) is 11.5 Å². The Kier molecular flexibility index (Phi) is 6.32. The van der Waals surface area contributed by atoms with E-state index >= 15 is 0 Å². The van der Waals surface area contributed by atoms with Crippen LogP contribution in [0.15, 0.2) is 58.7 Å². The number of pyridine rings is 1. The summed E-state index contributed by atoms with van der Waals surface area (Å²) < 4.78 is 8.16. The summed E-state index contributed by atoms with van der Waals surface area (Å²) in [6.45, 7) is 3.67. The number of nitrogens with zero attached hydrogens (tertiary/aromatic N) is 4. The summed E-state index contributed by atoms with van der Waals surface area (Å²) in [5.41, 5.74) is 3.11. The number of aliphatic hydroxyl groups is 1. The quantitative estimate of drug-likeness (QED) is 0.134. The van der Waals surface area contributed by atoms with Gasteiger partial charge in [0.2, 0.25) is 0 Å². The highest BCUT2D eigenvalue weighted by Crippen LogP contribution is 2.47. The van der Waals surface area contributed by atoms with Gasteiger partial charge in [-0.25, -0.2) is 9.97 Å². The molecular formula is C28H20BrClN4O5S. The molecule has 0 radical (unpaired) electrons. The van der Waals surface area contributed by atoms with E-state index in [0.717, 1.165) is 10.3 Å². The molecule has 3 aromatic heterocycles. The van der Waals surface area contributed by atoms with E-state index in [0.29, 0.717) is 27.4 Å². The number of aromatic hydroxyl groups is 1. The topological polar surface area (TPSA) is 117 Å². The summed E-state index contributed by atoms with van der Waals surface area (Å²) >= 11 is 10.7. The van der Waals surface area contributed by atoms with Crippen molar-refractivity contribution < 1.29 is 24.5 Å². The van der Waals surface area contributed by atoms with E-state index in [1.54, 1.807) is 31.2 Å². The van der Waals surface area contributed by atoms with Crippen LogP contribution < -0.4 is 9.64 Å². The van der Waals surface area contributed by atoms with Crippen molar-refractivity contribution in [2.75, 3.05) is 12.0 Å². The lowest BCUT2D eigenvalue weighted by molar-refractivity contribution is -0.132. The Hall–Kier alpha value is -3.93. The molecule has 0 aliphatic carbocycles. The molecule has 1 fully saturated rings. The van der Waals surface area contributed by atoms with Gasteiger partial charge in [0.15, 0.2) is 22.4 Å². The smallest absolute Gasteiger partial charge is 0.301 e. The molecule has 40 heavy (non-hydrogen) atoms. The lowest BCUT2D eigenvalue weighted by Gasteiger charge is -2.23. The van der Waals surface area contributed by atoms with E-state index in [1.807, 2.05) is 29.7 Å². The number of aromatic nitrogens is 3. The van der Waals surface area contributed by atoms with Crippen LogP contribution in [0.4, 0.5) is 5.13 Å². The summed E-state index contributed by atoms with van der Waals surface area (Å²) in [6.07, 6.45) is 1.81. The maximum absolute atomic E-state index is 13.7. The van der Waals surface area contributed by atoms with Gasteiger partial charge in [-0.05, 0) is 77.3 Å². The van der Waals surface area contributed by atoms with Gasteiger partial charge in [0.1, 0.15) is 11.3 Å². The summed E-state index contributed by atoms with van der Waals surface area (Å²) in [6, 6.07) is 10.9. The number of phenolic OH excluding ortho intramolecular Hbond substituents is 1. The third-order valence-electron chi connectivity index (χ3n) is 6.88. The summed E-state index contributed by atoms with van der Waals surface area (Å²) in [5.74, 6) is -2.21. The van der Waals surface area contributed by atoms with E-state index in [2.05, 4.69) is 25.9 Å². The van der Waals surface area contributed by atoms with Crippen LogP contribution in [0.25, 0.3) is 21.6 Å². The number of methoxy groups -OCH3 is 1. The van der Waals surface area contributed by atoms with Gasteiger partial charge in [0.25, 0.3) is 5.78 Å². The molecule has 202 valence electrons. The second kappa shape index (κ2) is 9.61. The third-order valence-corrected chi connectivity index (χ3v) is 8.74. The number of fused-ring (bicyclic) bond motifs is 2. The Morgan fingerprint density at radius 3 is 2.65 bits per heavy atom. The standard InChI is InChI=1S/C28H20BrClN4O5S/c1-12-5-4-8-33-13(2)21(32-26(12)33)24(36)20-22(14-9-16(29)23(35)18(10-14)39-3)34(27(38)25(20)37)28-31-17-7-6-15(30)11-19(17)40-28/h4-11,22,35-36H,1-3H3/b24-20+. The molecule has 12 heteroatoms. The van der Waals surface area contributed by atoms with Gasteiger partial charge in [-0.1, -0.05) is 29.0 Å². The van der Waals surface area contributed by atoms with Crippen molar-refractivity contribution in [3.63, 3.8) is 0 Å². The van der Waals surface area contributed by atoms with Crippen molar-refractivity contribution in [1.29, 1.82) is 0 Å². The van der Waals surface area contributed by atoms with Gasteiger partial charge in [-0.2, -0.15) is 0 Å². The predicted molar refractivity (Wildman–Crippen MR) is 156 cm³/mol. The van der Waals surface area contributed by atoms with Crippen LogP contribution in [0, 0.1) is 13.8 Å². The molecule has 2 aromatic carbocycles. The van der Waals surface area contributed by atoms with Gasteiger partial charge >= 0.3 is 5.91 Å². The minimum atomic E-state index is -1.10. The van der Waals surface area contributed by atoms with Gasteiger partial charge in [0, 0.05) is 11.2 Å². The number of rotatable bonds is 4. The molecule has 1 unspecified atom stereocenters. The molecule has 9 nitrogen and oxygen atoms in total. The molecule has 1 saturated heterocycles. The van der Waals surface area contributed by atoms with Crippen molar-refractivity contribution in [2.24, 2.45) is 0 Å². The lowest BCUT2D eigenvalue weighted by atomic mass is 9.96. The molecule has 1 aliphatic rings. The number of amides is 1. The molecule has 1 aliphatic heterocycles. The van der Waals surface area contributed by atoms with E-state index in [-0.39, 0.29) is 32.4 Å². The van der Waals surface area contributed by atoms with E-state index in [9.17, 15) is 19.8 Å². The highest BCUT2D eigenvalue weighted by Gasteiger charge is 2.49. The van der Waals surface area contributed by atoms with Crippen molar-refractivity contribution in [3.8, 4) is 11.5 Å². The number of ether oxygens (including phenoxy) is 1. The number of anilines is 1.